The van der Waals surface area contributed by atoms with Gasteiger partial charge in [0.2, 0.25) is 5.89 Å². The first-order valence-corrected chi connectivity index (χ1v) is 7.96. The Morgan fingerprint density at radius 1 is 1.32 bits per heavy atom. The number of nitrogens with zero attached hydrogens (tertiary/aromatic N) is 3. The van der Waals surface area contributed by atoms with Gasteiger partial charge >= 0.3 is 0 Å². The van der Waals surface area contributed by atoms with Crippen LogP contribution in [0.15, 0.2) is 28.8 Å². The summed E-state index contributed by atoms with van der Waals surface area (Å²) < 4.78 is 5.38. The van der Waals surface area contributed by atoms with Gasteiger partial charge in [-0.05, 0) is 30.4 Å². The van der Waals surface area contributed by atoms with Gasteiger partial charge in [0.1, 0.15) is 0 Å². The van der Waals surface area contributed by atoms with Crippen LogP contribution in [0.1, 0.15) is 30.1 Å². The molecule has 1 aliphatic rings. The van der Waals surface area contributed by atoms with Crippen molar-refractivity contribution in [3.63, 3.8) is 0 Å². The smallest absolute Gasteiger partial charge is 0.226 e. The largest absolute Gasteiger partial charge is 0.339 e. The highest BCUT2D eigenvalue weighted by Crippen LogP contribution is 2.22. The van der Waals surface area contributed by atoms with Crippen LogP contribution in [-0.2, 0) is 17.7 Å². The molecule has 6 heteroatoms. The van der Waals surface area contributed by atoms with Crippen LogP contribution in [0.3, 0.4) is 0 Å². The third kappa shape index (κ3) is 3.85. The molecule has 1 aliphatic heterocycles. The molecule has 0 bridgehead atoms. The van der Waals surface area contributed by atoms with Gasteiger partial charge in [0.05, 0.1) is 7.11 Å². The molecule has 22 heavy (non-hydrogen) atoms. The van der Waals surface area contributed by atoms with E-state index in [-0.39, 0.29) is 0 Å². The van der Waals surface area contributed by atoms with E-state index >= 15 is 0 Å². The van der Waals surface area contributed by atoms with Crippen molar-refractivity contribution in [1.82, 2.24) is 15.2 Å². The Morgan fingerprint density at radius 3 is 2.82 bits per heavy atom. The predicted molar refractivity (Wildman–Crippen MR) is 83.6 cm³/mol. The van der Waals surface area contributed by atoms with Crippen LogP contribution in [0.5, 0.6) is 0 Å². The minimum Gasteiger partial charge on any atom is -0.339 e. The Labute approximate surface area is 135 Å². The van der Waals surface area contributed by atoms with Crippen LogP contribution in [0.25, 0.3) is 0 Å². The second-order valence-corrected chi connectivity index (χ2v) is 6.04. The van der Waals surface area contributed by atoms with Gasteiger partial charge in [0.15, 0.2) is 5.82 Å². The fourth-order valence-corrected chi connectivity index (χ4v) is 3.00. The van der Waals surface area contributed by atoms with Crippen LogP contribution >= 0.6 is 11.6 Å². The summed E-state index contributed by atoms with van der Waals surface area (Å²) in [6, 6.07) is 7.74. The summed E-state index contributed by atoms with van der Waals surface area (Å²) in [5.41, 5.74) is 1.02. The van der Waals surface area contributed by atoms with Gasteiger partial charge < -0.3 is 9.36 Å². The molecule has 0 N–H and O–H groups in total. The van der Waals surface area contributed by atoms with Gasteiger partial charge in [0.25, 0.3) is 0 Å². The highest BCUT2D eigenvalue weighted by atomic mass is 35.5. The molecule has 0 aliphatic carbocycles. The van der Waals surface area contributed by atoms with E-state index in [0.29, 0.717) is 18.2 Å². The Bertz CT molecular complexity index is 609. The van der Waals surface area contributed by atoms with Crippen molar-refractivity contribution in [3.8, 4) is 0 Å². The molecule has 0 spiro atoms. The van der Waals surface area contributed by atoms with Crippen LogP contribution in [0.4, 0.5) is 0 Å². The van der Waals surface area contributed by atoms with E-state index in [9.17, 15) is 0 Å². The standard InChI is InChI=1S/C16H20ClN3O2/c1-21-20-8-6-12(7-9-20)10-16-18-15(19-22-16)11-13-4-2-3-5-14(13)17/h2-5,12H,6-11H2,1H3. The average Bonchev–Trinajstić information content (AvgIpc) is 2.97. The minimum atomic E-state index is 0.583. The van der Waals surface area contributed by atoms with E-state index in [4.69, 9.17) is 21.0 Å². The van der Waals surface area contributed by atoms with E-state index in [0.717, 1.165) is 48.8 Å². The van der Waals surface area contributed by atoms with Gasteiger partial charge in [0, 0.05) is 31.0 Å². The maximum Gasteiger partial charge on any atom is 0.226 e. The second-order valence-electron chi connectivity index (χ2n) is 5.63. The molecule has 0 radical (unpaired) electrons. The van der Waals surface area contributed by atoms with E-state index in [1.165, 1.54) is 0 Å². The summed E-state index contributed by atoms with van der Waals surface area (Å²) in [5, 5.41) is 6.80. The molecule has 5 nitrogen and oxygen atoms in total. The van der Waals surface area contributed by atoms with Crippen LogP contribution in [-0.4, -0.2) is 35.4 Å². The van der Waals surface area contributed by atoms with Crippen LogP contribution < -0.4 is 0 Å². The zero-order valence-electron chi connectivity index (χ0n) is 12.7. The molecule has 0 unspecified atom stereocenters. The number of piperidine rings is 1. The molecule has 0 atom stereocenters. The number of hydrogen-bond acceptors (Lipinski definition) is 5. The Morgan fingerprint density at radius 2 is 2.09 bits per heavy atom. The lowest BCUT2D eigenvalue weighted by atomic mass is 9.94. The Balaban J connectivity index is 1.57. The van der Waals surface area contributed by atoms with Crippen molar-refractivity contribution in [2.75, 3.05) is 20.2 Å². The van der Waals surface area contributed by atoms with E-state index < -0.39 is 0 Å². The number of hydrogen-bond donors (Lipinski definition) is 0. The Hall–Kier alpha value is -1.43. The minimum absolute atomic E-state index is 0.583. The summed E-state index contributed by atoms with van der Waals surface area (Å²) in [7, 11) is 1.72. The topological polar surface area (TPSA) is 51.4 Å². The molecule has 1 aromatic carbocycles. The fourth-order valence-electron chi connectivity index (χ4n) is 2.80. The molecule has 0 amide bonds. The third-order valence-corrected chi connectivity index (χ3v) is 4.48. The van der Waals surface area contributed by atoms with Crippen molar-refractivity contribution in [2.24, 2.45) is 5.92 Å². The monoisotopic (exact) mass is 321 g/mol. The van der Waals surface area contributed by atoms with Crippen molar-refractivity contribution >= 4 is 11.6 Å². The zero-order valence-corrected chi connectivity index (χ0v) is 13.4. The fraction of sp³-hybridized carbons (Fsp3) is 0.500. The lowest BCUT2D eigenvalue weighted by Crippen LogP contribution is -2.33. The van der Waals surface area contributed by atoms with Gasteiger partial charge in [-0.25, -0.2) is 0 Å². The lowest BCUT2D eigenvalue weighted by Gasteiger charge is -2.29. The van der Waals surface area contributed by atoms with Gasteiger partial charge in [-0.3, -0.25) is 0 Å². The summed E-state index contributed by atoms with van der Waals surface area (Å²) in [6.45, 7) is 1.92. The van der Waals surface area contributed by atoms with Crippen molar-refractivity contribution in [2.45, 2.75) is 25.7 Å². The first-order valence-electron chi connectivity index (χ1n) is 7.58. The first kappa shape index (κ1) is 15.5. The predicted octanol–water partition coefficient (Wildman–Crippen LogP) is 3.13. The SMILES string of the molecule is CON1CCC(Cc2nc(Cc3ccccc3Cl)no2)CC1. The number of halogens is 1. The summed E-state index contributed by atoms with van der Waals surface area (Å²) in [6.07, 6.45) is 3.63. The maximum absolute atomic E-state index is 6.16. The molecular formula is C16H20ClN3O2. The van der Waals surface area contributed by atoms with Gasteiger partial charge in [-0.2, -0.15) is 10.0 Å². The molecule has 2 aromatic rings. The number of hydroxylamine groups is 2. The second kappa shape index (κ2) is 7.22. The molecule has 0 saturated carbocycles. The molecule has 1 saturated heterocycles. The molecule has 1 aromatic heterocycles. The lowest BCUT2D eigenvalue weighted by molar-refractivity contribution is -0.148. The third-order valence-electron chi connectivity index (χ3n) is 4.11. The van der Waals surface area contributed by atoms with E-state index in [1.54, 1.807) is 7.11 Å². The van der Waals surface area contributed by atoms with Crippen LogP contribution in [0.2, 0.25) is 5.02 Å². The molecule has 3 rings (SSSR count). The maximum atomic E-state index is 6.16. The van der Waals surface area contributed by atoms with Gasteiger partial charge in [-0.15, -0.1) is 0 Å². The molecule has 1 fully saturated rings. The highest BCUT2D eigenvalue weighted by Gasteiger charge is 2.21. The highest BCUT2D eigenvalue weighted by molar-refractivity contribution is 6.31. The molecule has 118 valence electrons. The van der Waals surface area contributed by atoms with Crippen molar-refractivity contribution in [1.29, 1.82) is 0 Å². The normalized spacial score (nSPS) is 17.0. The summed E-state index contributed by atoms with van der Waals surface area (Å²) in [4.78, 5) is 9.74. The molecular weight excluding hydrogens is 302 g/mol. The van der Waals surface area contributed by atoms with Gasteiger partial charge in [-0.1, -0.05) is 35.0 Å². The molecule has 2 heterocycles. The first-order chi connectivity index (χ1) is 10.7. The quantitative estimate of drug-likeness (QED) is 0.847. The van der Waals surface area contributed by atoms with E-state index in [2.05, 4.69) is 10.1 Å². The van der Waals surface area contributed by atoms with Crippen molar-refractivity contribution in [3.05, 3.63) is 46.6 Å². The zero-order chi connectivity index (χ0) is 15.4. The Kier molecular flexibility index (Phi) is 5.08. The van der Waals surface area contributed by atoms with Crippen LogP contribution in [0, 0.1) is 5.92 Å². The number of aromatic nitrogens is 2. The van der Waals surface area contributed by atoms with Crippen molar-refractivity contribution < 1.29 is 9.36 Å². The van der Waals surface area contributed by atoms with E-state index in [1.807, 2.05) is 29.3 Å². The summed E-state index contributed by atoms with van der Waals surface area (Å²) >= 11 is 6.16. The average molecular weight is 322 g/mol. The number of rotatable bonds is 5. The number of benzene rings is 1. The summed E-state index contributed by atoms with van der Waals surface area (Å²) in [5.74, 6) is 2.00.